The van der Waals surface area contributed by atoms with Crippen LogP contribution in [0.5, 0.6) is 11.9 Å². The summed E-state index contributed by atoms with van der Waals surface area (Å²) in [6, 6.07) is 39.5. The molecule has 0 spiro atoms. The summed E-state index contributed by atoms with van der Waals surface area (Å²) in [5, 5.41) is 26.2. The van der Waals surface area contributed by atoms with Crippen molar-refractivity contribution in [1.82, 2.24) is 9.13 Å². The minimum atomic E-state index is 0. The Hall–Kier alpha value is -5.94. The van der Waals surface area contributed by atoms with Crippen LogP contribution < -0.4 is 15.2 Å². The molecule has 0 bridgehead atoms. The maximum absolute atomic E-state index is 8.93. The van der Waals surface area contributed by atoms with Crippen molar-refractivity contribution in [3.05, 3.63) is 149 Å². The van der Waals surface area contributed by atoms with Gasteiger partial charge in [0, 0.05) is 36.4 Å². The third kappa shape index (κ3) is 13.4. The number of methoxy groups -OCH3 is 2. The van der Waals surface area contributed by atoms with Gasteiger partial charge in [-0.2, -0.15) is 15.8 Å². The van der Waals surface area contributed by atoms with Crippen LogP contribution in [0.25, 0.3) is 11.4 Å². The average molecular weight is 735 g/mol. The molecule has 247 valence electrons. The van der Waals surface area contributed by atoms with Crippen molar-refractivity contribution in [3.8, 4) is 41.5 Å². The monoisotopic (exact) mass is 734 g/mol. The Labute approximate surface area is 302 Å². The first kappa shape index (κ1) is 41.1. The molecule has 0 aliphatic carbocycles. The van der Waals surface area contributed by atoms with Gasteiger partial charge < -0.3 is 28.8 Å². The van der Waals surface area contributed by atoms with Crippen molar-refractivity contribution in [2.45, 2.75) is 7.43 Å². The van der Waals surface area contributed by atoms with E-state index in [2.05, 4.69) is 52.8 Å². The standard InChI is InChI=1S/C11H7BrN2.C11H8N2.C7H6N2.C6H8O3.CH4.BHNS/c12-11-6-3-7-14(11)10-5-2-1-4-9(10)8-13;12-9-10-5-1-2-6-11(10)13-7-3-4-8-13;8-5-6-3-1-2-4-7(6)9;1-7-5-3-4-6(8-2)9-5;;1-2-3/h1-7H;1-8H;1-4H,9H2;3-4H,1-2H3;1H4;3H. The molecule has 0 aliphatic rings. The third-order valence-electron chi connectivity index (χ3n) is 5.93. The number of halogens is 1. The van der Waals surface area contributed by atoms with Gasteiger partial charge in [0.1, 0.15) is 18.2 Å². The fraction of sp³-hybridized carbons (Fsp3) is 0.0833. The van der Waals surface area contributed by atoms with Crippen molar-refractivity contribution < 1.29 is 13.9 Å². The molecule has 0 aliphatic heterocycles. The van der Waals surface area contributed by atoms with E-state index in [4.69, 9.17) is 35.4 Å². The van der Waals surface area contributed by atoms with E-state index < -0.39 is 0 Å². The number of thiol groups is 1. The second-order valence-electron chi connectivity index (χ2n) is 8.85. The molecule has 6 rings (SSSR count). The van der Waals surface area contributed by atoms with Crippen LogP contribution in [-0.2, 0) is 0 Å². The molecule has 6 aromatic rings. The van der Waals surface area contributed by atoms with E-state index in [1.54, 1.807) is 36.4 Å². The quantitative estimate of drug-likeness (QED) is 0.104. The Balaban J connectivity index is 0.000000321. The fourth-order valence-electron chi connectivity index (χ4n) is 3.74. The molecule has 13 heteroatoms. The molecule has 10 nitrogen and oxygen atoms in total. The summed E-state index contributed by atoms with van der Waals surface area (Å²) in [4.78, 5) is 0. The van der Waals surface area contributed by atoms with Crippen molar-refractivity contribution >= 4 is 42.1 Å². The van der Waals surface area contributed by atoms with Gasteiger partial charge >= 0.3 is 24.8 Å². The van der Waals surface area contributed by atoms with Crippen LogP contribution in [0, 0.1) is 34.0 Å². The zero-order valence-electron chi connectivity index (χ0n) is 26.0. The molecule has 49 heavy (non-hydrogen) atoms. The van der Waals surface area contributed by atoms with Crippen LogP contribution in [0.3, 0.4) is 0 Å². The summed E-state index contributed by atoms with van der Waals surface area (Å²) in [7, 11) is 7.42. The van der Waals surface area contributed by atoms with Crippen LogP contribution in [0.15, 0.2) is 141 Å². The first-order chi connectivity index (χ1) is 23.4. The molecule has 3 heterocycles. The molecule has 0 unspecified atom stereocenters. The van der Waals surface area contributed by atoms with Crippen molar-refractivity contribution in [2.75, 3.05) is 20.0 Å². The number of nitrogen functional groups attached to an aromatic ring is 1. The molecular weight excluding hydrogens is 701 g/mol. The number of benzene rings is 3. The number of aromatic nitrogens is 2. The van der Waals surface area contributed by atoms with Gasteiger partial charge in [-0.15, -0.1) is 0 Å². The van der Waals surface area contributed by atoms with E-state index in [-0.39, 0.29) is 7.43 Å². The molecule has 2 N–H and O–H groups in total. The van der Waals surface area contributed by atoms with Gasteiger partial charge in [0.2, 0.25) is 0 Å². The first-order valence-electron chi connectivity index (χ1n) is 13.8. The zero-order chi connectivity index (χ0) is 35.1. The van der Waals surface area contributed by atoms with E-state index >= 15 is 0 Å². The molecular formula is C36H34BBrN7O3S. The Kier molecular flexibility index (Phi) is 19.6. The molecule has 3 aromatic heterocycles. The van der Waals surface area contributed by atoms with E-state index in [0.717, 1.165) is 16.0 Å². The molecule has 1 radical (unpaired) electrons. The number of furan rings is 1. The second kappa shape index (κ2) is 23.4. The number of hydrogen-bond donors (Lipinski definition) is 2. The van der Waals surface area contributed by atoms with Gasteiger partial charge in [-0.1, -0.05) is 43.8 Å². The van der Waals surface area contributed by atoms with E-state index in [0.29, 0.717) is 34.3 Å². The van der Waals surface area contributed by atoms with Crippen molar-refractivity contribution in [1.29, 1.82) is 15.8 Å². The topological polar surface area (TPSA) is 151 Å². The van der Waals surface area contributed by atoms with Gasteiger partial charge in [0.05, 0.1) is 46.9 Å². The summed E-state index contributed by atoms with van der Waals surface area (Å²) in [6.07, 6.45) is 5.77. The minimum absolute atomic E-state index is 0. The molecule has 3 aromatic carbocycles. The zero-order valence-corrected chi connectivity index (χ0v) is 28.5. The number of anilines is 1. The Morgan fingerprint density at radius 2 is 1.14 bits per heavy atom. The Morgan fingerprint density at radius 3 is 1.55 bits per heavy atom. The van der Waals surface area contributed by atoms with Gasteiger partial charge in [-0.3, -0.25) is 0 Å². The summed E-state index contributed by atoms with van der Waals surface area (Å²) in [5.41, 5.74) is 9.67. The van der Waals surface area contributed by atoms with E-state index in [1.165, 1.54) is 14.2 Å². The van der Waals surface area contributed by atoms with E-state index in [9.17, 15) is 0 Å². The number of hydrogen-bond acceptors (Lipinski definition) is 9. The molecule has 0 saturated carbocycles. The normalized spacial score (nSPS) is 8.73. The van der Waals surface area contributed by atoms with Crippen molar-refractivity contribution in [2.24, 2.45) is 4.30 Å². The fourth-order valence-corrected chi connectivity index (χ4v) is 4.21. The van der Waals surface area contributed by atoms with Crippen LogP contribution >= 0.6 is 28.7 Å². The number of nitrogens with zero attached hydrogens (tertiary/aromatic N) is 6. The van der Waals surface area contributed by atoms with Crippen LogP contribution in [0.2, 0.25) is 0 Å². The Morgan fingerprint density at radius 1 is 0.694 bits per heavy atom. The van der Waals surface area contributed by atoms with Crippen LogP contribution in [-0.4, -0.2) is 31.0 Å². The number of nitriles is 3. The molecule has 0 atom stereocenters. The average Bonchev–Trinajstić information content (AvgIpc) is 3.92. The summed E-state index contributed by atoms with van der Waals surface area (Å²) >= 11 is 6.61. The van der Waals surface area contributed by atoms with E-state index in [1.807, 2.05) is 107 Å². The molecule has 0 fully saturated rings. The molecule has 0 amide bonds. The van der Waals surface area contributed by atoms with Gasteiger partial charge in [0.25, 0.3) is 11.9 Å². The van der Waals surface area contributed by atoms with Gasteiger partial charge in [0.15, 0.2) is 0 Å². The maximum atomic E-state index is 8.93. The second-order valence-corrected chi connectivity index (χ2v) is 9.89. The predicted octanol–water partition coefficient (Wildman–Crippen LogP) is 8.72. The summed E-state index contributed by atoms with van der Waals surface area (Å²) in [5.74, 6) is 0.929. The predicted molar refractivity (Wildman–Crippen MR) is 200 cm³/mol. The number of ether oxygens (including phenoxy) is 2. The van der Waals surface area contributed by atoms with Gasteiger partial charge in [-0.05, 0) is 76.6 Å². The summed E-state index contributed by atoms with van der Waals surface area (Å²) in [6.45, 7) is 0. The number of para-hydroxylation sites is 3. The number of rotatable bonds is 4. The van der Waals surface area contributed by atoms with Crippen LogP contribution in [0.1, 0.15) is 24.1 Å². The van der Waals surface area contributed by atoms with Crippen molar-refractivity contribution in [3.63, 3.8) is 0 Å². The number of nitrogens with two attached hydrogens (primary N) is 1. The third-order valence-corrected chi connectivity index (χ3v) is 6.58. The Bertz CT molecular complexity index is 1950. The SMILES string of the molecule is C.COc1ccc(OC)o1.N#Cc1ccccc1-n1cccc1.N#Cc1ccccc1-n1cccc1Br.N#Cc1ccccc1N.[B]=NS. The molecule has 0 saturated heterocycles. The first-order valence-corrected chi connectivity index (χ1v) is 15.0. The van der Waals surface area contributed by atoms with Crippen LogP contribution in [0.4, 0.5) is 5.69 Å². The summed E-state index contributed by atoms with van der Waals surface area (Å²) < 4.78 is 21.9. The van der Waals surface area contributed by atoms with Gasteiger partial charge in [-0.25, -0.2) is 0 Å².